The van der Waals surface area contributed by atoms with Crippen molar-refractivity contribution in [1.82, 2.24) is 0 Å². The van der Waals surface area contributed by atoms with Gasteiger partial charge in [0.2, 0.25) is 0 Å². The third kappa shape index (κ3) is 1.84. The summed E-state index contributed by atoms with van der Waals surface area (Å²) in [6, 6.07) is 4.78. The van der Waals surface area contributed by atoms with E-state index in [0.29, 0.717) is 16.3 Å². The largest absolute Gasteiger partial charge is 0.467 e. The van der Waals surface area contributed by atoms with Gasteiger partial charge in [0.1, 0.15) is 11.6 Å². The van der Waals surface area contributed by atoms with Gasteiger partial charge in [-0.25, -0.2) is 4.39 Å². The second-order valence-electron chi connectivity index (χ2n) is 3.54. The summed E-state index contributed by atoms with van der Waals surface area (Å²) in [7, 11) is 0. The van der Waals surface area contributed by atoms with E-state index in [9.17, 15) is 4.39 Å². The molecule has 0 atom stereocenters. The first-order valence-electron chi connectivity index (χ1n) is 4.86. The van der Waals surface area contributed by atoms with E-state index in [1.54, 1.807) is 25.3 Å². The Labute approximate surface area is 97.8 Å². The highest BCUT2D eigenvalue weighted by molar-refractivity contribution is 6.33. The van der Waals surface area contributed by atoms with Crippen LogP contribution in [-0.2, 0) is 6.54 Å². The van der Waals surface area contributed by atoms with Crippen LogP contribution in [0.1, 0.15) is 11.3 Å². The summed E-state index contributed by atoms with van der Waals surface area (Å²) in [5, 5.41) is 0.360. The third-order valence-electron chi connectivity index (χ3n) is 2.47. The summed E-state index contributed by atoms with van der Waals surface area (Å²) >= 11 is 6.00. The molecule has 16 heavy (non-hydrogen) atoms. The van der Waals surface area contributed by atoms with E-state index in [1.165, 1.54) is 6.07 Å². The second kappa shape index (κ2) is 4.28. The summed E-state index contributed by atoms with van der Waals surface area (Å²) in [6.45, 7) is 1.98. The molecule has 84 valence electrons. The predicted molar refractivity (Wildman–Crippen MR) is 61.7 cm³/mol. The number of furan rings is 1. The van der Waals surface area contributed by atoms with Gasteiger partial charge < -0.3 is 10.2 Å². The molecule has 1 aromatic heterocycles. The van der Waals surface area contributed by atoms with Crippen LogP contribution in [0.2, 0.25) is 5.02 Å². The van der Waals surface area contributed by atoms with E-state index in [4.69, 9.17) is 21.8 Å². The van der Waals surface area contributed by atoms with E-state index in [-0.39, 0.29) is 12.4 Å². The smallest absolute Gasteiger partial charge is 0.127 e. The van der Waals surface area contributed by atoms with Crippen molar-refractivity contribution in [3.63, 3.8) is 0 Å². The topological polar surface area (TPSA) is 39.2 Å². The Bertz CT molecular complexity index is 522. The molecule has 0 unspecified atom stereocenters. The first-order chi connectivity index (χ1) is 7.63. The molecular formula is C12H11ClFNO. The third-order valence-corrected chi connectivity index (χ3v) is 2.78. The number of hydrogen-bond donors (Lipinski definition) is 1. The molecule has 2 aromatic rings. The van der Waals surface area contributed by atoms with Crippen molar-refractivity contribution < 1.29 is 8.81 Å². The van der Waals surface area contributed by atoms with Crippen molar-refractivity contribution in [3.8, 4) is 11.1 Å². The zero-order valence-electron chi connectivity index (χ0n) is 8.76. The summed E-state index contributed by atoms with van der Waals surface area (Å²) < 4.78 is 18.5. The van der Waals surface area contributed by atoms with Gasteiger partial charge in [0.25, 0.3) is 0 Å². The number of aryl methyl sites for hydroxylation is 1. The second-order valence-corrected chi connectivity index (χ2v) is 3.95. The molecule has 0 saturated heterocycles. The predicted octanol–water partition coefficient (Wildman–Crippen LogP) is 3.51. The first-order valence-corrected chi connectivity index (χ1v) is 5.23. The van der Waals surface area contributed by atoms with Crippen molar-refractivity contribution in [2.45, 2.75) is 13.5 Å². The number of rotatable bonds is 2. The summed E-state index contributed by atoms with van der Waals surface area (Å²) in [5.41, 5.74) is 7.65. The van der Waals surface area contributed by atoms with Crippen LogP contribution in [0.5, 0.6) is 0 Å². The van der Waals surface area contributed by atoms with Crippen LogP contribution >= 0.6 is 11.6 Å². The van der Waals surface area contributed by atoms with Gasteiger partial charge >= 0.3 is 0 Å². The van der Waals surface area contributed by atoms with Gasteiger partial charge in [0, 0.05) is 11.1 Å². The van der Waals surface area contributed by atoms with Crippen molar-refractivity contribution in [1.29, 1.82) is 0 Å². The fraction of sp³-hybridized carbons (Fsp3) is 0.167. The Kier molecular flexibility index (Phi) is 2.99. The minimum Gasteiger partial charge on any atom is -0.467 e. The van der Waals surface area contributed by atoms with Crippen molar-refractivity contribution in [2.75, 3.05) is 0 Å². The molecule has 0 aliphatic heterocycles. The molecule has 1 aromatic carbocycles. The highest BCUT2D eigenvalue weighted by atomic mass is 35.5. The number of nitrogens with two attached hydrogens (primary N) is 1. The zero-order valence-corrected chi connectivity index (χ0v) is 9.51. The number of halogens is 2. The lowest BCUT2D eigenvalue weighted by Gasteiger charge is -2.06. The Balaban J connectivity index is 2.60. The minimum absolute atomic E-state index is 0.287. The van der Waals surface area contributed by atoms with Gasteiger partial charge in [-0.15, -0.1) is 0 Å². The lowest BCUT2D eigenvalue weighted by molar-refractivity contribution is 0.513. The Morgan fingerprint density at radius 1 is 1.38 bits per heavy atom. The van der Waals surface area contributed by atoms with E-state index in [1.807, 2.05) is 0 Å². The normalized spacial score (nSPS) is 10.8. The monoisotopic (exact) mass is 239 g/mol. The van der Waals surface area contributed by atoms with E-state index < -0.39 is 0 Å². The molecule has 2 rings (SSSR count). The fourth-order valence-electron chi connectivity index (χ4n) is 1.60. The zero-order chi connectivity index (χ0) is 11.7. The van der Waals surface area contributed by atoms with Gasteiger partial charge in [0.05, 0.1) is 17.8 Å². The molecule has 0 aliphatic rings. The van der Waals surface area contributed by atoms with Gasteiger partial charge in [0.15, 0.2) is 0 Å². The van der Waals surface area contributed by atoms with Crippen molar-refractivity contribution in [2.24, 2.45) is 5.73 Å². The molecule has 4 heteroatoms. The van der Waals surface area contributed by atoms with Crippen LogP contribution in [0.3, 0.4) is 0 Å². The number of hydrogen-bond acceptors (Lipinski definition) is 2. The first kappa shape index (κ1) is 11.2. The highest BCUT2D eigenvalue weighted by Gasteiger charge is 2.12. The molecule has 0 saturated carbocycles. The maximum absolute atomic E-state index is 13.3. The van der Waals surface area contributed by atoms with Gasteiger partial charge in [-0.1, -0.05) is 11.6 Å². The lowest BCUT2D eigenvalue weighted by atomic mass is 10.0. The summed E-state index contributed by atoms with van der Waals surface area (Å²) in [4.78, 5) is 0. The molecule has 2 nitrogen and oxygen atoms in total. The summed E-state index contributed by atoms with van der Waals surface area (Å²) in [6.07, 6.45) is 1.55. The number of benzene rings is 1. The molecule has 0 fully saturated rings. The molecule has 2 N–H and O–H groups in total. The SMILES string of the molecule is Cc1cc(-c2ccoc2CN)c(Cl)cc1F. The van der Waals surface area contributed by atoms with Gasteiger partial charge in [-0.05, 0) is 30.7 Å². The molecule has 0 aliphatic carbocycles. The summed E-state index contributed by atoms with van der Waals surface area (Å²) in [5.74, 6) is 0.333. The molecule has 0 amide bonds. The van der Waals surface area contributed by atoms with Crippen molar-refractivity contribution >= 4 is 11.6 Å². The van der Waals surface area contributed by atoms with Crippen LogP contribution in [0.25, 0.3) is 11.1 Å². The molecule has 1 heterocycles. The molecule has 0 bridgehead atoms. The van der Waals surface area contributed by atoms with Crippen LogP contribution in [0.15, 0.2) is 28.9 Å². The lowest BCUT2D eigenvalue weighted by Crippen LogP contribution is -1.96. The average molecular weight is 240 g/mol. The van der Waals surface area contributed by atoms with Gasteiger partial charge in [-0.2, -0.15) is 0 Å². The average Bonchev–Trinajstić information content (AvgIpc) is 2.71. The van der Waals surface area contributed by atoms with E-state index >= 15 is 0 Å². The maximum atomic E-state index is 13.3. The van der Waals surface area contributed by atoms with E-state index in [0.717, 1.165) is 11.1 Å². The Morgan fingerprint density at radius 2 is 2.12 bits per heavy atom. The van der Waals surface area contributed by atoms with Crippen molar-refractivity contribution in [3.05, 3.63) is 46.6 Å². The van der Waals surface area contributed by atoms with Gasteiger partial charge in [-0.3, -0.25) is 0 Å². The molecule has 0 radical (unpaired) electrons. The van der Waals surface area contributed by atoms with Crippen LogP contribution < -0.4 is 5.73 Å². The molecular weight excluding hydrogens is 229 g/mol. The Morgan fingerprint density at radius 3 is 2.81 bits per heavy atom. The highest BCUT2D eigenvalue weighted by Crippen LogP contribution is 2.32. The quantitative estimate of drug-likeness (QED) is 0.871. The minimum atomic E-state index is -0.313. The fourth-order valence-corrected chi connectivity index (χ4v) is 1.85. The standard InChI is InChI=1S/C12H11ClFNO/c1-7-4-9(10(13)5-11(7)14)8-2-3-16-12(8)6-15/h2-5H,6,15H2,1H3. The maximum Gasteiger partial charge on any atom is 0.127 e. The Hall–Kier alpha value is -1.32. The molecule has 0 spiro atoms. The van der Waals surface area contributed by atoms with Crippen LogP contribution in [-0.4, -0.2) is 0 Å². The van der Waals surface area contributed by atoms with Crippen LogP contribution in [0.4, 0.5) is 4.39 Å². The van der Waals surface area contributed by atoms with E-state index in [2.05, 4.69) is 0 Å². The van der Waals surface area contributed by atoms with Crippen LogP contribution in [0, 0.1) is 12.7 Å².